The van der Waals surface area contributed by atoms with Gasteiger partial charge in [-0.05, 0) is 45.2 Å². The number of aromatic nitrogens is 3. The van der Waals surface area contributed by atoms with Gasteiger partial charge in [0, 0.05) is 19.8 Å². The van der Waals surface area contributed by atoms with Gasteiger partial charge in [0.2, 0.25) is 0 Å². The predicted octanol–water partition coefficient (Wildman–Crippen LogP) is 3.19. The largest absolute Gasteiger partial charge is 0.322 e. The van der Waals surface area contributed by atoms with Gasteiger partial charge in [0.25, 0.3) is 0 Å². The molecule has 1 fully saturated rings. The van der Waals surface area contributed by atoms with Crippen molar-refractivity contribution in [1.29, 1.82) is 0 Å². The fourth-order valence-corrected chi connectivity index (χ4v) is 3.19. The average molecular weight is 313 g/mol. The van der Waals surface area contributed by atoms with Crippen LogP contribution < -0.4 is 5.32 Å². The smallest absolute Gasteiger partial charge is 0.316 e. The lowest BCUT2D eigenvalue weighted by Gasteiger charge is -2.35. The van der Waals surface area contributed by atoms with Crippen LogP contribution in [0.5, 0.6) is 0 Å². The van der Waals surface area contributed by atoms with Gasteiger partial charge in [0.1, 0.15) is 0 Å². The van der Waals surface area contributed by atoms with Gasteiger partial charge in [0.05, 0.1) is 28.8 Å². The fraction of sp³-hybridized carbons (Fsp3) is 0.471. The SMILES string of the molecule is Cc1nn(C)c(C)c1NC(=O)N1CCCCC1c1ccccn1. The molecule has 122 valence electrons. The number of hydrogen-bond donors (Lipinski definition) is 1. The highest BCUT2D eigenvalue weighted by Crippen LogP contribution is 2.30. The molecule has 1 atom stereocenters. The van der Waals surface area contributed by atoms with Crippen LogP contribution in [0.4, 0.5) is 10.5 Å². The number of pyridine rings is 1. The van der Waals surface area contributed by atoms with Gasteiger partial charge in [-0.3, -0.25) is 9.67 Å². The van der Waals surface area contributed by atoms with Crippen molar-refractivity contribution < 1.29 is 4.79 Å². The van der Waals surface area contributed by atoms with Crippen LogP contribution in [0.1, 0.15) is 42.4 Å². The summed E-state index contributed by atoms with van der Waals surface area (Å²) in [6, 6.07) is 5.85. The lowest BCUT2D eigenvalue weighted by atomic mass is 9.99. The van der Waals surface area contributed by atoms with Crippen LogP contribution in [0.2, 0.25) is 0 Å². The van der Waals surface area contributed by atoms with Crippen LogP contribution in [0.15, 0.2) is 24.4 Å². The topological polar surface area (TPSA) is 63.1 Å². The molecule has 23 heavy (non-hydrogen) atoms. The number of piperidine rings is 1. The number of likely N-dealkylation sites (tertiary alicyclic amines) is 1. The van der Waals surface area contributed by atoms with E-state index >= 15 is 0 Å². The molecule has 2 aromatic heterocycles. The van der Waals surface area contributed by atoms with E-state index in [2.05, 4.69) is 15.4 Å². The molecule has 1 saturated heterocycles. The third kappa shape index (κ3) is 3.06. The predicted molar refractivity (Wildman–Crippen MR) is 89.2 cm³/mol. The van der Waals surface area contributed by atoms with Crippen LogP contribution in [0.25, 0.3) is 0 Å². The molecule has 2 aromatic rings. The first-order valence-electron chi connectivity index (χ1n) is 8.06. The first-order valence-corrected chi connectivity index (χ1v) is 8.06. The monoisotopic (exact) mass is 313 g/mol. The van der Waals surface area contributed by atoms with Crippen molar-refractivity contribution in [2.75, 3.05) is 11.9 Å². The molecule has 6 heteroatoms. The summed E-state index contributed by atoms with van der Waals surface area (Å²) >= 11 is 0. The Morgan fingerprint density at radius 3 is 2.78 bits per heavy atom. The number of anilines is 1. The highest BCUT2D eigenvalue weighted by atomic mass is 16.2. The van der Waals surface area contributed by atoms with Gasteiger partial charge in [-0.25, -0.2) is 4.79 Å². The number of aryl methyl sites for hydroxylation is 2. The zero-order valence-electron chi connectivity index (χ0n) is 13.9. The van der Waals surface area contributed by atoms with Gasteiger partial charge < -0.3 is 10.2 Å². The van der Waals surface area contributed by atoms with Gasteiger partial charge in [-0.15, -0.1) is 0 Å². The molecule has 0 saturated carbocycles. The zero-order chi connectivity index (χ0) is 16.4. The molecule has 1 N–H and O–H groups in total. The zero-order valence-corrected chi connectivity index (χ0v) is 13.9. The lowest BCUT2D eigenvalue weighted by molar-refractivity contribution is 0.161. The summed E-state index contributed by atoms with van der Waals surface area (Å²) < 4.78 is 1.79. The van der Waals surface area contributed by atoms with Crippen LogP contribution >= 0.6 is 0 Å². The maximum Gasteiger partial charge on any atom is 0.322 e. The van der Waals surface area contributed by atoms with Crippen molar-refractivity contribution in [3.8, 4) is 0 Å². The molecule has 1 aliphatic heterocycles. The van der Waals surface area contributed by atoms with E-state index in [4.69, 9.17) is 0 Å². The maximum atomic E-state index is 12.8. The van der Waals surface area contributed by atoms with E-state index < -0.39 is 0 Å². The van der Waals surface area contributed by atoms with Gasteiger partial charge in [-0.2, -0.15) is 5.10 Å². The summed E-state index contributed by atoms with van der Waals surface area (Å²) in [6.45, 7) is 4.63. The molecular formula is C17H23N5O. The van der Waals surface area contributed by atoms with Crippen LogP contribution in [0, 0.1) is 13.8 Å². The minimum Gasteiger partial charge on any atom is -0.316 e. The number of carbonyl (C=O) groups is 1. The molecule has 1 aliphatic rings. The standard InChI is InChI=1S/C17H23N5O/c1-12-16(13(2)21(3)20-12)19-17(23)22-11-7-5-9-15(22)14-8-4-6-10-18-14/h4,6,8,10,15H,5,7,9,11H2,1-3H3,(H,19,23). The van der Waals surface area contributed by atoms with Gasteiger partial charge >= 0.3 is 6.03 Å². The van der Waals surface area contributed by atoms with E-state index in [-0.39, 0.29) is 12.1 Å². The first-order chi connectivity index (χ1) is 11.1. The number of hydrogen-bond acceptors (Lipinski definition) is 3. The molecule has 0 spiro atoms. The van der Waals surface area contributed by atoms with Crippen molar-refractivity contribution in [3.05, 3.63) is 41.5 Å². The number of amides is 2. The molecule has 3 heterocycles. The Hall–Kier alpha value is -2.37. The van der Waals surface area contributed by atoms with E-state index in [0.717, 1.165) is 48.6 Å². The van der Waals surface area contributed by atoms with Crippen LogP contribution in [-0.2, 0) is 7.05 Å². The van der Waals surface area contributed by atoms with E-state index in [0.29, 0.717) is 0 Å². The van der Waals surface area contributed by atoms with Crippen molar-refractivity contribution in [2.24, 2.45) is 7.05 Å². The number of nitrogens with zero attached hydrogens (tertiary/aromatic N) is 4. The number of carbonyl (C=O) groups excluding carboxylic acids is 1. The molecule has 0 aliphatic carbocycles. The Bertz CT molecular complexity index is 695. The normalized spacial score (nSPS) is 18.0. The second kappa shape index (κ2) is 6.40. The summed E-state index contributed by atoms with van der Waals surface area (Å²) in [5.74, 6) is 0. The van der Waals surface area contributed by atoms with E-state index in [9.17, 15) is 4.79 Å². The maximum absolute atomic E-state index is 12.8. The second-order valence-corrected chi connectivity index (χ2v) is 6.06. The van der Waals surface area contributed by atoms with E-state index in [1.165, 1.54) is 0 Å². The third-order valence-corrected chi connectivity index (χ3v) is 4.53. The highest BCUT2D eigenvalue weighted by Gasteiger charge is 2.29. The molecular weight excluding hydrogens is 290 g/mol. The fourth-order valence-electron chi connectivity index (χ4n) is 3.19. The number of urea groups is 1. The molecule has 6 nitrogen and oxygen atoms in total. The molecule has 3 rings (SSSR count). The first kappa shape index (κ1) is 15.5. The van der Waals surface area contributed by atoms with Gasteiger partial charge in [-0.1, -0.05) is 6.07 Å². The van der Waals surface area contributed by atoms with Crippen molar-refractivity contribution >= 4 is 11.7 Å². The Morgan fingerprint density at radius 2 is 2.13 bits per heavy atom. The van der Waals surface area contributed by atoms with Crippen molar-refractivity contribution in [3.63, 3.8) is 0 Å². The third-order valence-electron chi connectivity index (χ3n) is 4.53. The van der Waals surface area contributed by atoms with Gasteiger partial charge in [0.15, 0.2) is 0 Å². The minimum atomic E-state index is -0.0699. The summed E-state index contributed by atoms with van der Waals surface area (Å²) in [5.41, 5.74) is 3.57. The number of nitrogens with one attached hydrogen (secondary N) is 1. The second-order valence-electron chi connectivity index (χ2n) is 6.06. The summed E-state index contributed by atoms with van der Waals surface area (Å²) in [6.07, 6.45) is 4.89. The van der Waals surface area contributed by atoms with E-state index in [1.807, 2.05) is 44.0 Å². The lowest BCUT2D eigenvalue weighted by Crippen LogP contribution is -2.41. The summed E-state index contributed by atoms with van der Waals surface area (Å²) in [5, 5.41) is 7.40. The Labute approximate surface area is 136 Å². The molecule has 2 amide bonds. The minimum absolute atomic E-state index is 0.0437. The Morgan fingerprint density at radius 1 is 1.30 bits per heavy atom. The summed E-state index contributed by atoms with van der Waals surface area (Å²) in [4.78, 5) is 19.2. The number of rotatable bonds is 2. The summed E-state index contributed by atoms with van der Waals surface area (Å²) in [7, 11) is 1.88. The molecule has 1 unspecified atom stereocenters. The average Bonchev–Trinajstić information content (AvgIpc) is 2.82. The van der Waals surface area contributed by atoms with E-state index in [1.54, 1.807) is 10.9 Å². The highest BCUT2D eigenvalue weighted by molar-refractivity contribution is 5.91. The van der Waals surface area contributed by atoms with Crippen LogP contribution in [0.3, 0.4) is 0 Å². The Kier molecular flexibility index (Phi) is 4.32. The molecule has 0 radical (unpaired) electrons. The van der Waals surface area contributed by atoms with Crippen molar-refractivity contribution in [2.45, 2.75) is 39.2 Å². The molecule has 0 aromatic carbocycles. The Balaban J connectivity index is 1.82. The van der Waals surface area contributed by atoms with Crippen molar-refractivity contribution in [1.82, 2.24) is 19.7 Å². The quantitative estimate of drug-likeness (QED) is 0.926. The van der Waals surface area contributed by atoms with Crippen LogP contribution in [-0.4, -0.2) is 32.2 Å². The molecule has 0 bridgehead atoms.